The van der Waals surface area contributed by atoms with Crippen molar-refractivity contribution in [3.8, 4) is 5.75 Å². The number of benzene rings is 3. The third-order valence-corrected chi connectivity index (χ3v) is 7.62. The number of rotatable bonds is 6. The quantitative estimate of drug-likeness (QED) is 0.437. The fourth-order valence-corrected chi connectivity index (χ4v) is 5.92. The van der Waals surface area contributed by atoms with Gasteiger partial charge >= 0.3 is 0 Å². The van der Waals surface area contributed by atoms with Crippen LogP contribution in [0.5, 0.6) is 5.75 Å². The molecule has 2 aliphatic rings. The lowest BCUT2D eigenvalue weighted by Crippen LogP contribution is -2.51. The summed E-state index contributed by atoms with van der Waals surface area (Å²) in [7, 11) is 3.69. The summed E-state index contributed by atoms with van der Waals surface area (Å²) in [4.78, 5) is 30.8. The van der Waals surface area contributed by atoms with Crippen molar-refractivity contribution in [3.05, 3.63) is 95.2 Å². The minimum atomic E-state index is -0.264. The summed E-state index contributed by atoms with van der Waals surface area (Å²) in [5, 5.41) is 4.24. The Labute approximate surface area is 216 Å². The fraction of sp³-hybridized carbons (Fsp3) is 0.267. The molecule has 1 aromatic heterocycles. The Bertz CT molecular complexity index is 1510. The van der Waals surface area contributed by atoms with Crippen LogP contribution in [-0.2, 0) is 24.2 Å². The van der Waals surface area contributed by atoms with E-state index in [0.29, 0.717) is 19.5 Å². The first-order valence-electron chi connectivity index (χ1n) is 12.7. The first-order chi connectivity index (χ1) is 18.1. The van der Waals surface area contributed by atoms with Crippen LogP contribution in [0.4, 0.5) is 5.69 Å². The summed E-state index contributed by atoms with van der Waals surface area (Å²) in [5.74, 6) is 0.816. The summed E-state index contributed by atoms with van der Waals surface area (Å²) in [6.07, 6.45) is 1.18. The number of nitrogens with zero attached hydrogens (tertiary/aromatic N) is 3. The van der Waals surface area contributed by atoms with Crippen molar-refractivity contribution in [2.75, 3.05) is 32.1 Å². The number of hydrogen-bond donors (Lipinski definition) is 1. The highest BCUT2D eigenvalue weighted by atomic mass is 16.5. The van der Waals surface area contributed by atoms with Gasteiger partial charge in [-0.1, -0.05) is 48.5 Å². The number of hydrogen-bond acceptors (Lipinski definition) is 4. The Morgan fingerprint density at radius 2 is 1.78 bits per heavy atom. The molecule has 0 saturated carbocycles. The predicted molar refractivity (Wildman–Crippen MR) is 144 cm³/mol. The molecule has 1 atom stereocenters. The summed E-state index contributed by atoms with van der Waals surface area (Å²) in [5.41, 5.74) is 5.97. The van der Waals surface area contributed by atoms with E-state index in [2.05, 4.69) is 26.9 Å². The largest absolute Gasteiger partial charge is 0.496 e. The molecule has 7 heteroatoms. The van der Waals surface area contributed by atoms with Gasteiger partial charge in [-0.3, -0.25) is 9.59 Å². The Morgan fingerprint density at radius 1 is 1.03 bits per heavy atom. The van der Waals surface area contributed by atoms with Gasteiger partial charge < -0.3 is 24.4 Å². The first-order valence-corrected chi connectivity index (χ1v) is 12.7. The second-order valence-electron chi connectivity index (χ2n) is 9.63. The fourth-order valence-electron chi connectivity index (χ4n) is 5.92. The molecule has 0 bridgehead atoms. The van der Waals surface area contributed by atoms with Gasteiger partial charge in [0, 0.05) is 31.0 Å². The van der Waals surface area contributed by atoms with E-state index in [1.165, 1.54) is 5.56 Å². The van der Waals surface area contributed by atoms with Crippen molar-refractivity contribution in [2.45, 2.75) is 25.6 Å². The maximum absolute atomic E-state index is 13.5. The molecule has 37 heavy (non-hydrogen) atoms. The summed E-state index contributed by atoms with van der Waals surface area (Å²) >= 11 is 0. The van der Waals surface area contributed by atoms with Crippen LogP contribution in [-0.4, -0.2) is 48.5 Å². The maximum Gasteiger partial charge on any atom is 0.257 e. The van der Waals surface area contributed by atoms with Crippen molar-refractivity contribution in [3.63, 3.8) is 0 Å². The van der Waals surface area contributed by atoms with Gasteiger partial charge in [0.05, 0.1) is 24.1 Å². The molecular formula is C30H30N4O3. The lowest BCUT2D eigenvalue weighted by Gasteiger charge is -2.46. The van der Waals surface area contributed by atoms with Crippen molar-refractivity contribution in [2.24, 2.45) is 0 Å². The summed E-state index contributed by atoms with van der Waals surface area (Å²) in [6.45, 7) is 1.35. The highest BCUT2D eigenvalue weighted by Crippen LogP contribution is 2.44. The molecule has 1 N–H and O–H groups in total. The number of carbonyl (C=O) groups excluding carboxylic acids is 2. The van der Waals surface area contributed by atoms with Crippen LogP contribution in [0.1, 0.15) is 33.3 Å². The molecule has 0 aliphatic carbocycles. The molecule has 0 radical (unpaired) electrons. The smallest absolute Gasteiger partial charge is 0.257 e. The minimum Gasteiger partial charge on any atom is -0.496 e. The molecule has 2 aliphatic heterocycles. The van der Waals surface area contributed by atoms with E-state index < -0.39 is 0 Å². The topological polar surface area (TPSA) is 66.8 Å². The average Bonchev–Trinajstić information content (AvgIpc) is 3.25. The van der Waals surface area contributed by atoms with Gasteiger partial charge in [0.25, 0.3) is 5.91 Å². The number of amides is 2. The van der Waals surface area contributed by atoms with Gasteiger partial charge in [-0.05, 0) is 48.2 Å². The van der Waals surface area contributed by atoms with Gasteiger partial charge in [0.1, 0.15) is 18.5 Å². The van der Waals surface area contributed by atoms with E-state index >= 15 is 0 Å². The van der Waals surface area contributed by atoms with Crippen molar-refractivity contribution in [1.29, 1.82) is 0 Å². The number of ether oxygens (including phenoxy) is 1. The van der Waals surface area contributed by atoms with Crippen LogP contribution in [0.15, 0.2) is 72.8 Å². The zero-order chi connectivity index (χ0) is 25.5. The van der Waals surface area contributed by atoms with E-state index in [4.69, 9.17) is 4.74 Å². The predicted octanol–water partition coefficient (Wildman–Crippen LogP) is 4.16. The van der Waals surface area contributed by atoms with Crippen LogP contribution in [0, 0.1) is 0 Å². The number of nitrogens with one attached hydrogen (secondary N) is 1. The Balaban J connectivity index is 1.32. The third-order valence-electron chi connectivity index (χ3n) is 7.62. The van der Waals surface area contributed by atoms with Gasteiger partial charge in [-0.15, -0.1) is 0 Å². The number of anilines is 1. The second kappa shape index (κ2) is 9.32. The second-order valence-corrected chi connectivity index (χ2v) is 9.63. The maximum atomic E-state index is 13.5. The summed E-state index contributed by atoms with van der Waals surface area (Å²) in [6, 6.07) is 23.9. The number of para-hydroxylation sites is 3. The molecule has 3 aromatic carbocycles. The van der Waals surface area contributed by atoms with Crippen molar-refractivity contribution in [1.82, 2.24) is 14.8 Å². The highest BCUT2D eigenvalue weighted by Gasteiger charge is 2.42. The zero-order valence-corrected chi connectivity index (χ0v) is 21.1. The SMILES string of the molecule is COc1ccccc1CCNC(=O)Cn1c2c(c3ccccc31)CCN1C(=O)c3ccccc3N(C)[C@@H]21. The molecule has 0 unspecified atom stereocenters. The van der Waals surface area contributed by atoms with Crippen LogP contribution in [0.25, 0.3) is 10.9 Å². The van der Waals surface area contributed by atoms with Gasteiger partial charge in [-0.2, -0.15) is 0 Å². The molecule has 0 fully saturated rings. The molecule has 6 rings (SSSR count). The average molecular weight is 495 g/mol. The molecule has 3 heterocycles. The van der Waals surface area contributed by atoms with E-state index in [-0.39, 0.29) is 24.5 Å². The normalized spacial score (nSPS) is 16.3. The molecular weight excluding hydrogens is 464 g/mol. The zero-order valence-electron chi connectivity index (χ0n) is 21.1. The van der Waals surface area contributed by atoms with Crippen LogP contribution < -0.4 is 15.0 Å². The van der Waals surface area contributed by atoms with Gasteiger partial charge in [0.2, 0.25) is 5.91 Å². The van der Waals surface area contributed by atoms with E-state index in [9.17, 15) is 9.59 Å². The number of fused-ring (bicyclic) bond motifs is 6. The molecule has 188 valence electrons. The first kappa shape index (κ1) is 23.2. The third kappa shape index (κ3) is 3.82. The van der Waals surface area contributed by atoms with Crippen molar-refractivity contribution >= 4 is 28.4 Å². The Hall–Kier alpha value is -4.26. The highest BCUT2D eigenvalue weighted by molar-refractivity contribution is 6.02. The van der Waals surface area contributed by atoms with E-state index in [0.717, 1.165) is 45.6 Å². The number of aromatic nitrogens is 1. The monoisotopic (exact) mass is 494 g/mol. The lowest BCUT2D eigenvalue weighted by molar-refractivity contribution is -0.121. The van der Waals surface area contributed by atoms with Gasteiger partial charge in [0.15, 0.2) is 0 Å². The van der Waals surface area contributed by atoms with Crippen LogP contribution in [0.3, 0.4) is 0 Å². The van der Waals surface area contributed by atoms with Crippen molar-refractivity contribution < 1.29 is 14.3 Å². The Morgan fingerprint density at radius 3 is 2.65 bits per heavy atom. The molecule has 2 amide bonds. The van der Waals surface area contributed by atoms with Crippen LogP contribution >= 0.6 is 0 Å². The molecule has 0 saturated heterocycles. The molecule has 0 spiro atoms. The Kier molecular flexibility index (Phi) is 5.83. The molecule has 7 nitrogen and oxygen atoms in total. The van der Waals surface area contributed by atoms with Crippen LogP contribution in [0.2, 0.25) is 0 Å². The van der Waals surface area contributed by atoms with E-state index in [1.54, 1.807) is 7.11 Å². The molecule has 4 aromatic rings. The minimum absolute atomic E-state index is 0.0439. The number of methoxy groups -OCH3 is 1. The number of carbonyl (C=O) groups is 2. The van der Waals surface area contributed by atoms with E-state index in [1.807, 2.05) is 72.6 Å². The standard InChI is InChI=1S/C30H30N4O3/c1-32-24-12-6-5-11-23(24)30(36)33-18-16-22-21-10-4-7-13-25(21)34(28(22)29(32)33)19-27(35)31-17-15-20-9-3-8-14-26(20)37-2/h3-14,29H,15-19H2,1-2H3,(H,31,35)/t29-/m1/s1. The summed E-state index contributed by atoms with van der Waals surface area (Å²) < 4.78 is 7.55. The van der Waals surface area contributed by atoms with Gasteiger partial charge in [-0.25, -0.2) is 0 Å². The lowest BCUT2D eigenvalue weighted by atomic mass is 9.96.